The highest BCUT2D eigenvalue weighted by atomic mass is 32.2. The van der Waals surface area contributed by atoms with Crippen LogP contribution in [0.2, 0.25) is 0 Å². The standard InChI is InChI=1S/C22H21FN4O2S2/c1-4-29-18-10-9-14(11-19(18)28-3)21-24-15(12-30-21)13-31-22-26-25-20(27(22)2)16-7-5-6-8-17(16)23/h5-12H,4,13H2,1-3H3. The van der Waals surface area contributed by atoms with Gasteiger partial charge in [-0.25, -0.2) is 9.37 Å². The Morgan fingerprint density at radius 3 is 2.74 bits per heavy atom. The van der Waals surface area contributed by atoms with Crippen LogP contribution in [0.15, 0.2) is 53.0 Å². The maximum atomic E-state index is 14.1. The number of halogens is 1. The molecule has 0 aliphatic heterocycles. The molecule has 2 aromatic heterocycles. The van der Waals surface area contributed by atoms with Crippen LogP contribution in [-0.2, 0) is 12.8 Å². The fourth-order valence-electron chi connectivity index (χ4n) is 3.04. The molecule has 4 rings (SSSR count). The van der Waals surface area contributed by atoms with Gasteiger partial charge in [0.05, 0.1) is 25.0 Å². The fourth-order valence-corrected chi connectivity index (χ4v) is 4.76. The Hall–Kier alpha value is -2.91. The zero-order chi connectivity index (χ0) is 21.8. The quantitative estimate of drug-likeness (QED) is 0.329. The topological polar surface area (TPSA) is 62.1 Å². The molecule has 6 nitrogen and oxygen atoms in total. The van der Waals surface area contributed by atoms with Crippen molar-refractivity contribution in [1.29, 1.82) is 0 Å². The van der Waals surface area contributed by atoms with E-state index in [1.165, 1.54) is 17.8 Å². The molecule has 0 radical (unpaired) electrons. The summed E-state index contributed by atoms with van der Waals surface area (Å²) in [6.07, 6.45) is 0. The van der Waals surface area contributed by atoms with Crippen LogP contribution in [0.25, 0.3) is 22.0 Å². The molecule has 0 saturated heterocycles. The molecule has 0 saturated carbocycles. The number of ether oxygens (including phenoxy) is 2. The second-order valence-corrected chi connectivity index (χ2v) is 8.38. The van der Waals surface area contributed by atoms with E-state index in [0.717, 1.165) is 16.3 Å². The van der Waals surface area contributed by atoms with Gasteiger partial charge < -0.3 is 14.0 Å². The lowest BCUT2D eigenvalue weighted by Gasteiger charge is -2.09. The van der Waals surface area contributed by atoms with Crippen molar-refractivity contribution in [3.05, 3.63) is 59.4 Å². The Labute approximate surface area is 188 Å². The molecule has 31 heavy (non-hydrogen) atoms. The normalized spacial score (nSPS) is 11.0. The second kappa shape index (κ2) is 9.49. The molecule has 0 spiro atoms. The Morgan fingerprint density at radius 2 is 1.97 bits per heavy atom. The van der Waals surface area contributed by atoms with Gasteiger partial charge in [-0.15, -0.1) is 21.5 Å². The van der Waals surface area contributed by atoms with E-state index in [9.17, 15) is 4.39 Å². The fraction of sp³-hybridized carbons (Fsp3) is 0.227. The minimum absolute atomic E-state index is 0.315. The third kappa shape index (κ3) is 4.57. The molecule has 0 aliphatic carbocycles. The van der Waals surface area contributed by atoms with Gasteiger partial charge in [0, 0.05) is 23.7 Å². The van der Waals surface area contributed by atoms with Crippen molar-refractivity contribution < 1.29 is 13.9 Å². The molecule has 0 amide bonds. The molecule has 0 N–H and O–H groups in total. The van der Waals surface area contributed by atoms with E-state index < -0.39 is 0 Å². The van der Waals surface area contributed by atoms with E-state index in [1.807, 2.05) is 37.6 Å². The summed E-state index contributed by atoms with van der Waals surface area (Å²) in [5.41, 5.74) is 2.35. The maximum absolute atomic E-state index is 14.1. The van der Waals surface area contributed by atoms with Crippen molar-refractivity contribution in [2.75, 3.05) is 13.7 Å². The van der Waals surface area contributed by atoms with Crippen molar-refractivity contribution in [3.63, 3.8) is 0 Å². The number of benzene rings is 2. The number of rotatable bonds is 8. The van der Waals surface area contributed by atoms with Crippen LogP contribution in [-0.4, -0.2) is 33.5 Å². The van der Waals surface area contributed by atoms with Gasteiger partial charge in [0.15, 0.2) is 22.5 Å². The van der Waals surface area contributed by atoms with E-state index in [0.29, 0.717) is 40.4 Å². The van der Waals surface area contributed by atoms with Crippen molar-refractivity contribution in [1.82, 2.24) is 19.7 Å². The first-order valence-electron chi connectivity index (χ1n) is 9.63. The lowest BCUT2D eigenvalue weighted by atomic mass is 10.2. The molecule has 0 unspecified atom stereocenters. The van der Waals surface area contributed by atoms with Crippen LogP contribution < -0.4 is 9.47 Å². The monoisotopic (exact) mass is 456 g/mol. The molecule has 2 heterocycles. The zero-order valence-corrected chi connectivity index (χ0v) is 19.0. The minimum Gasteiger partial charge on any atom is -0.493 e. The number of aromatic nitrogens is 4. The molecule has 4 aromatic rings. The molecule has 0 atom stereocenters. The van der Waals surface area contributed by atoms with Gasteiger partial charge in [0.1, 0.15) is 10.8 Å². The number of thiazole rings is 1. The molecule has 0 aliphatic rings. The summed E-state index contributed by atoms with van der Waals surface area (Å²) in [4.78, 5) is 4.74. The van der Waals surface area contributed by atoms with E-state index >= 15 is 0 Å². The van der Waals surface area contributed by atoms with E-state index in [-0.39, 0.29) is 5.82 Å². The summed E-state index contributed by atoms with van der Waals surface area (Å²) in [6, 6.07) is 12.4. The lowest BCUT2D eigenvalue weighted by molar-refractivity contribution is 0.311. The summed E-state index contributed by atoms with van der Waals surface area (Å²) in [5, 5.41) is 12.0. The van der Waals surface area contributed by atoms with Crippen LogP contribution in [0, 0.1) is 5.82 Å². The van der Waals surface area contributed by atoms with Gasteiger partial charge in [0.2, 0.25) is 0 Å². The lowest BCUT2D eigenvalue weighted by Crippen LogP contribution is -1.97. The molecular formula is C22H21FN4O2S2. The SMILES string of the molecule is CCOc1ccc(-c2nc(CSc3nnc(-c4ccccc4F)n3C)cs2)cc1OC. The molecule has 0 fully saturated rings. The van der Waals surface area contributed by atoms with Gasteiger partial charge in [-0.3, -0.25) is 0 Å². The van der Waals surface area contributed by atoms with Gasteiger partial charge in [-0.1, -0.05) is 23.9 Å². The van der Waals surface area contributed by atoms with E-state index in [1.54, 1.807) is 41.2 Å². The average molecular weight is 457 g/mol. The highest BCUT2D eigenvalue weighted by Gasteiger charge is 2.15. The van der Waals surface area contributed by atoms with Crippen molar-refractivity contribution >= 4 is 23.1 Å². The minimum atomic E-state index is -0.315. The Morgan fingerprint density at radius 1 is 1.13 bits per heavy atom. The molecule has 160 valence electrons. The molecular weight excluding hydrogens is 435 g/mol. The first-order chi connectivity index (χ1) is 15.1. The number of nitrogens with zero attached hydrogens (tertiary/aromatic N) is 4. The predicted octanol–water partition coefficient (Wildman–Crippen LogP) is 5.44. The number of thioether (sulfide) groups is 1. The zero-order valence-electron chi connectivity index (χ0n) is 17.3. The summed E-state index contributed by atoms with van der Waals surface area (Å²) < 4.78 is 26.9. The molecule has 0 bridgehead atoms. The number of hydrogen-bond acceptors (Lipinski definition) is 7. The van der Waals surface area contributed by atoms with E-state index in [2.05, 4.69) is 10.2 Å². The Kier molecular flexibility index (Phi) is 6.53. The van der Waals surface area contributed by atoms with Gasteiger partial charge in [0.25, 0.3) is 0 Å². The first-order valence-corrected chi connectivity index (χ1v) is 11.5. The summed E-state index contributed by atoms with van der Waals surface area (Å²) >= 11 is 3.08. The second-order valence-electron chi connectivity index (χ2n) is 6.58. The largest absolute Gasteiger partial charge is 0.493 e. The summed E-state index contributed by atoms with van der Waals surface area (Å²) in [7, 11) is 3.46. The Balaban J connectivity index is 1.48. The average Bonchev–Trinajstić information content (AvgIpc) is 3.40. The Bertz CT molecular complexity index is 1190. The van der Waals surface area contributed by atoms with Crippen LogP contribution >= 0.6 is 23.1 Å². The predicted molar refractivity (Wildman–Crippen MR) is 121 cm³/mol. The summed E-state index contributed by atoms with van der Waals surface area (Å²) in [6.45, 7) is 2.52. The first kappa shape index (κ1) is 21.3. The maximum Gasteiger partial charge on any atom is 0.191 e. The van der Waals surface area contributed by atoms with Gasteiger partial charge >= 0.3 is 0 Å². The number of hydrogen-bond donors (Lipinski definition) is 0. The van der Waals surface area contributed by atoms with Crippen molar-refractivity contribution in [2.24, 2.45) is 7.05 Å². The van der Waals surface area contributed by atoms with Crippen LogP contribution in [0.4, 0.5) is 4.39 Å². The van der Waals surface area contributed by atoms with Crippen LogP contribution in [0.1, 0.15) is 12.6 Å². The number of methoxy groups -OCH3 is 1. The smallest absolute Gasteiger partial charge is 0.191 e. The third-order valence-corrected chi connectivity index (χ3v) is 6.55. The highest BCUT2D eigenvalue weighted by molar-refractivity contribution is 7.98. The van der Waals surface area contributed by atoms with Gasteiger partial charge in [-0.2, -0.15) is 0 Å². The van der Waals surface area contributed by atoms with Crippen LogP contribution in [0.5, 0.6) is 11.5 Å². The van der Waals surface area contributed by atoms with E-state index in [4.69, 9.17) is 14.5 Å². The summed E-state index contributed by atoms with van der Waals surface area (Å²) in [5.74, 6) is 2.22. The third-order valence-electron chi connectivity index (χ3n) is 4.56. The molecule has 9 heteroatoms. The molecule has 2 aromatic carbocycles. The van der Waals surface area contributed by atoms with Gasteiger partial charge in [-0.05, 0) is 37.3 Å². The van der Waals surface area contributed by atoms with Crippen molar-refractivity contribution in [3.8, 4) is 33.5 Å². The van der Waals surface area contributed by atoms with Crippen LogP contribution in [0.3, 0.4) is 0 Å². The highest BCUT2D eigenvalue weighted by Crippen LogP contribution is 2.34. The van der Waals surface area contributed by atoms with Crippen molar-refractivity contribution in [2.45, 2.75) is 17.8 Å².